The summed E-state index contributed by atoms with van der Waals surface area (Å²) in [6.45, 7) is 0. The zero-order valence-corrected chi connectivity index (χ0v) is 5.83. The van der Waals surface area contributed by atoms with Gasteiger partial charge in [0.15, 0.2) is 0 Å². The highest BCUT2D eigenvalue weighted by atomic mass is 14.1. The van der Waals surface area contributed by atoms with Gasteiger partial charge >= 0.3 is 0 Å². The highest BCUT2D eigenvalue weighted by Gasteiger charge is 2.08. The number of hydrogen-bond donors (Lipinski definition) is 0. The first kappa shape index (κ1) is 5.72. The molecule has 0 saturated carbocycles. The minimum atomic E-state index is 0.568. The van der Waals surface area contributed by atoms with Crippen molar-refractivity contribution in [3.05, 3.63) is 48.1 Å². The summed E-state index contributed by atoms with van der Waals surface area (Å²) < 4.78 is 0. The standard InChI is InChI=1S/C10H10/c1-2-6-9(5-1)10-7-3-4-8-10/h1-3,5-9H,4H2. The van der Waals surface area contributed by atoms with E-state index in [2.05, 4.69) is 42.5 Å². The Morgan fingerprint density at radius 2 is 2.00 bits per heavy atom. The molecule has 0 bridgehead atoms. The molecule has 0 aromatic carbocycles. The molecular weight excluding hydrogens is 120 g/mol. The summed E-state index contributed by atoms with van der Waals surface area (Å²) in [6.07, 6.45) is 16.5. The van der Waals surface area contributed by atoms with E-state index in [0.29, 0.717) is 5.92 Å². The van der Waals surface area contributed by atoms with E-state index < -0.39 is 0 Å². The highest BCUT2D eigenvalue weighted by Crippen LogP contribution is 2.23. The molecule has 0 atom stereocenters. The van der Waals surface area contributed by atoms with Crippen molar-refractivity contribution in [1.82, 2.24) is 0 Å². The number of allylic oxidation sites excluding steroid dienone is 8. The lowest BCUT2D eigenvalue weighted by Crippen LogP contribution is -1.89. The second kappa shape index (κ2) is 2.30. The quantitative estimate of drug-likeness (QED) is 0.512. The normalized spacial score (nSPS) is 22.6. The van der Waals surface area contributed by atoms with Gasteiger partial charge in [-0.15, -0.1) is 0 Å². The van der Waals surface area contributed by atoms with Crippen LogP contribution in [-0.4, -0.2) is 0 Å². The molecule has 0 unspecified atom stereocenters. The monoisotopic (exact) mass is 130 g/mol. The molecule has 0 N–H and O–H groups in total. The van der Waals surface area contributed by atoms with E-state index >= 15 is 0 Å². The SMILES string of the molecule is C1=CC(C2=CCC=C2)C=C1. The van der Waals surface area contributed by atoms with E-state index in [1.807, 2.05) is 0 Å². The van der Waals surface area contributed by atoms with Gasteiger partial charge in [-0.05, 0) is 12.0 Å². The molecule has 0 aromatic heterocycles. The van der Waals surface area contributed by atoms with Gasteiger partial charge in [0.1, 0.15) is 0 Å². The Bertz CT molecular complexity index is 227. The van der Waals surface area contributed by atoms with Crippen LogP contribution in [0.3, 0.4) is 0 Å². The summed E-state index contributed by atoms with van der Waals surface area (Å²) in [6, 6.07) is 0. The molecule has 0 heterocycles. The first-order valence-corrected chi connectivity index (χ1v) is 3.68. The molecule has 0 aromatic rings. The first-order chi connectivity index (χ1) is 4.97. The average Bonchev–Trinajstić information content (AvgIpc) is 2.59. The second-order valence-electron chi connectivity index (χ2n) is 2.64. The molecule has 0 nitrogen and oxygen atoms in total. The van der Waals surface area contributed by atoms with Crippen molar-refractivity contribution >= 4 is 0 Å². The van der Waals surface area contributed by atoms with Crippen molar-refractivity contribution in [2.24, 2.45) is 5.92 Å². The lowest BCUT2D eigenvalue weighted by Gasteiger charge is -2.01. The minimum absolute atomic E-state index is 0.568. The fourth-order valence-electron chi connectivity index (χ4n) is 1.38. The summed E-state index contributed by atoms with van der Waals surface area (Å²) in [4.78, 5) is 0. The first-order valence-electron chi connectivity index (χ1n) is 3.68. The van der Waals surface area contributed by atoms with Crippen molar-refractivity contribution in [3.63, 3.8) is 0 Å². The molecule has 0 amide bonds. The summed E-state index contributed by atoms with van der Waals surface area (Å²) in [5.41, 5.74) is 1.45. The van der Waals surface area contributed by atoms with Crippen LogP contribution in [0.1, 0.15) is 6.42 Å². The smallest absolute Gasteiger partial charge is 0.0201 e. The van der Waals surface area contributed by atoms with E-state index in [1.165, 1.54) is 5.57 Å². The van der Waals surface area contributed by atoms with Crippen LogP contribution in [0.25, 0.3) is 0 Å². The average molecular weight is 130 g/mol. The lowest BCUT2D eigenvalue weighted by molar-refractivity contribution is 1.03. The van der Waals surface area contributed by atoms with Crippen LogP contribution in [0, 0.1) is 5.92 Å². The van der Waals surface area contributed by atoms with Gasteiger partial charge in [0.25, 0.3) is 0 Å². The third kappa shape index (κ3) is 0.860. The predicted octanol–water partition coefficient (Wildman–Crippen LogP) is 2.61. The Labute approximate surface area is 61.3 Å². The van der Waals surface area contributed by atoms with Crippen molar-refractivity contribution in [2.75, 3.05) is 0 Å². The van der Waals surface area contributed by atoms with Crippen molar-refractivity contribution < 1.29 is 0 Å². The Hall–Kier alpha value is -1.04. The fourth-order valence-corrected chi connectivity index (χ4v) is 1.38. The molecule has 0 radical (unpaired) electrons. The second-order valence-corrected chi connectivity index (χ2v) is 2.64. The molecule has 2 aliphatic rings. The Kier molecular flexibility index (Phi) is 1.31. The van der Waals surface area contributed by atoms with Gasteiger partial charge in [-0.3, -0.25) is 0 Å². The summed E-state index contributed by atoms with van der Waals surface area (Å²) in [7, 11) is 0. The molecule has 0 fully saturated rings. The molecule has 50 valence electrons. The lowest BCUT2D eigenvalue weighted by atomic mass is 10.0. The topological polar surface area (TPSA) is 0 Å². The molecule has 0 aliphatic heterocycles. The minimum Gasteiger partial charge on any atom is -0.0804 e. The maximum Gasteiger partial charge on any atom is 0.0201 e. The van der Waals surface area contributed by atoms with Gasteiger partial charge in [0, 0.05) is 5.92 Å². The zero-order chi connectivity index (χ0) is 6.81. The van der Waals surface area contributed by atoms with Gasteiger partial charge in [0.2, 0.25) is 0 Å². The third-order valence-electron chi connectivity index (χ3n) is 1.93. The van der Waals surface area contributed by atoms with E-state index in [9.17, 15) is 0 Å². The molecule has 2 aliphatic carbocycles. The van der Waals surface area contributed by atoms with Crippen LogP contribution in [0.2, 0.25) is 0 Å². The van der Waals surface area contributed by atoms with Crippen LogP contribution in [0.15, 0.2) is 48.1 Å². The molecular formula is C10H10. The highest BCUT2D eigenvalue weighted by molar-refractivity contribution is 5.38. The fraction of sp³-hybridized carbons (Fsp3) is 0.200. The summed E-state index contributed by atoms with van der Waals surface area (Å²) in [5, 5.41) is 0. The van der Waals surface area contributed by atoms with Crippen LogP contribution < -0.4 is 0 Å². The van der Waals surface area contributed by atoms with Gasteiger partial charge in [-0.2, -0.15) is 0 Å². The van der Waals surface area contributed by atoms with Crippen LogP contribution in [0.5, 0.6) is 0 Å². The Morgan fingerprint density at radius 1 is 1.20 bits per heavy atom. The van der Waals surface area contributed by atoms with Gasteiger partial charge in [-0.25, -0.2) is 0 Å². The van der Waals surface area contributed by atoms with E-state index in [4.69, 9.17) is 0 Å². The molecule has 0 saturated heterocycles. The maximum atomic E-state index is 2.28. The summed E-state index contributed by atoms with van der Waals surface area (Å²) >= 11 is 0. The zero-order valence-electron chi connectivity index (χ0n) is 5.83. The molecule has 2 rings (SSSR count). The molecule has 10 heavy (non-hydrogen) atoms. The van der Waals surface area contributed by atoms with Crippen LogP contribution >= 0.6 is 0 Å². The molecule has 0 spiro atoms. The number of rotatable bonds is 1. The van der Waals surface area contributed by atoms with E-state index in [1.54, 1.807) is 0 Å². The third-order valence-corrected chi connectivity index (χ3v) is 1.93. The van der Waals surface area contributed by atoms with Crippen molar-refractivity contribution in [3.8, 4) is 0 Å². The Balaban J connectivity index is 2.19. The van der Waals surface area contributed by atoms with Crippen LogP contribution in [0.4, 0.5) is 0 Å². The van der Waals surface area contributed by atoms with Gasteiger partial charge in [-0.1, -0.05) is 42.5 Å². The van der Waals surface area contributed by atoms with E-state index in [0.717, 1.165) is 6.42 Å². The summed E-state index contributed by atoms with van der Waals surface area (Å²) in [5.74, 6) is 0.568. The number of hydrogen-bond acceptors (Lipinski definition) is 0. The molecule has 0 heteroatoms. The predicted molar refractivity (Wildman–Crippen MR) is 43.6 cm³/mol. The Morgan fingerprint density at radius 3 is 2.60 bits per heavy atom. The van der Waals surface area contributed by atoms with Crippen molar-refractivity contribution in [2.45, 2.75) is 6.42 Å². The van der Waals surface area contributed by atoms with E-state index in [-0.39, 0.29) is 0 Å². The van der Waals surface area contributed by atoms with Crippen molar-refractivity contribution in [1.29, 1.82) is 0 Å². The van der Waals surface area contributed by atoms with Gasteiger partial charge in [0.05, 0.1) is 0 Å². The van der Waals surface area contributed by atoms with Crippen LogP contribution in [-0.2, 0) is 0 Å². The maximum absolute atomic E-state index is 2.28. The van der Waals surface area contributed by atoms with Gasteiger partial charge < -0.3 is 0 Å². The largest absolute Gasteiger partial charge is 0.0804 e.